The van der Waals surface area contributed by atoms with E-state index in [4.69, 9.17) is 9.26 Å². The Hall–Kier alpha value is -1.92. The van der Waals surface area contributed by atoms with Crippen LogP contribution in [-0.2, 0) is 17.9 Å². The number of methoxy groups -OCH3 is 1. The Labute approximate surface area is 137 Å². The molecule has 0 aliphatic carbocycles. The summed E-state index contributed by atoms with van der Waals surface area (Å²) in [4.78, 5) is 9.11. The van der Waals surface area contributed by atoms with Crippen molar-refractivity contribution in [2.24, 2.45) is 0 Å². The van der Waals surface area contributed by atoms with E-state index in [1.807, 2.05) is 0 Å². The fourth-order valence-electron chi connectivity index (χ4n) is 3.07. The van der Waals surface area contributed by atoms with Crippen LogP contribution in [0.2, 0.25) is 0 Å². The van der Waals surface area contributed by atoms with Gasteiger partial charge in [0.1, 0.15) is 6.61 Å². The molecule has 1 aliphatic heterocycles. The van der Waals surface area contributed by atoms with E-state index in [0.717, 1.165) is 13.1 Å². The van der Waals surface area contributed by atoms with Gasteiger partial charge in [0.25, 0.3) is 0 Å². The van der Waals surface area contributed by atoms with E-state index in [1.54, 1.807) is 7.11 Å². The summed E-state index contributed by atoms with van der Waals surface area (Å²) < 4.78 is 10.3. The zero-order chi connectivity index (χ0) is 16.1. The summed E-state index contributed by atoms with van der Waals surface area (Å²) in [5, 5.41) is 3.92. The minimum absolute atomic E-state index is 0.387. The summed E-state index contributed by atoms with van der Waals surface area (Å²) in [7, 11) is 3.75. The van der Waals surface area contributed by atoms with E-state index in [9.17, 15) is 0 Å². The van der Waals surface area contributed by atoms with Gasteiger partial charge in [0, 0.05) is 31.9 Å². The molecule has 1 atom stereocenters. The number of likely N-dealkylation sites (N-methyl/N-ethyl adjacent to an activating group) is 1. The van der Waals surface area contributed by atoms with Gasteiger partial charge in [-0.1, -0.05) is 23.4 Å². The van der Waals surface area contributed by atoms with E-state index >= 15 is 0 Å². The van der Waals surface area contributed by atoms with Crippen LogP contribution < -0.4 is 4.90 Å². The zero-order valence-electron chi connectivity index (χ0n) is 13.8. The molecule has 2 aromatic rings. The monoisotopic (exact) mass is 316 g/mol. The molecule has 0 radical (unpaired) electrons. The Kier molecular flexibility index (Phi) is 5.25. The second kappa shape index (κ2) is 7.57. The maximum Gasteiger partial charge on any atom is 0.240 e. The Morgan fingerprint density at radius 2 is 2.17 bits per heavy atom. The van der Waals surface area contributed by atoms with Crippen molar-refractivity contribution in [3.05, 3.63) is 42.0 Å². The van der Waals surface area contributed by atoms with Crippen LogP contribution in [0.3, 0.4) is 0 Å². The first-order valence-electron chi connectivity index (χ1n) is 8.07. The highest BCUT2D eigenvalue weighted by Crippen LogP contribution is 2.22. The number of anilines is 1. The highest BCUT2D eigenvalue weighted by Gasteiger charge is 2.24. The molecule has 0 unspecified atom stereocenters. The molecule has 0 saturated carbocycles. The number of rotatable bonds is 6. The quantitative estimate of drug-likeness (QED) is 0.815. The fourth-order valence-corrected chi connectivity index (χ4v) is 3.07. The van der Waals surface area contributed by atoms with Crippen LogP contribution in [0.4, 0.5) is 5.69 Å². The molecule has 1 saturated heterocycles. The molecular weight excluding hydrogens is 292 g/mol. The summed E-state index contributed by atoms with van der Waals surface area (Å²) in [5.74, 6) is 1.25. The van der Waals surface area contributed by atoms with Crippen LogP contribution >= 0.6 is 0 Å². The molecule has 0 amide bonds. The lowest BCUT2D eigenvalue weighted by molar-refractivity contribution is 0.173. The van der Waals surface area contributed by atoms with Gasteiger partial charge in [-0.25, -0.2) is 0 Å². The van der Waals surface area contributed by atoms with Gasteiger partial charge in [0.15, 0.2) is 5.82 Å². The highest BCUT2D eigenvalue weighted by molar-refractivity contribution is 5.46. The van der Waals surface area contributed by atoms with Gasteiger partial charge >= 0.3 is 0 Å². The molecule has 124 valence electrons. The largest absolute Gasteiger partial charge is 0.377 e. The molecular formula is C17H24N4O2. The van der Waals surface area contributed by atoms with E-state index in [0.29, 0.717) is 30.9 Å². The number of para-hydroxylation sites is 1. The molecule has 23 heavy (non-hydrogen) atoms. The fraction of sp³-hybridized carbons (Fsp3) is 0.529. The van der Waals surface area contributed by atoms with E-state index < -0.39 is 0 Å². The summed E-state index contributed by atoms with van der Waals surface area (Å²) >= 11 is 0. The number of benzene rings is 1. The number of hydrogen-bond acceptors (Lipinski definition) is 6. The first-order chi connectivity index (χ1) is 11.3. The molecule has 2 heterocycles. The standard InChI is InChI=1S/C17H24N4O2/c1-20(12-17-18-16(13-22-2)19-23-17)15-9-6-10-21(11-15)14-7-4-3-5-8-14/h3-5,7-8,15H,6,9-13H2,1-2H3/t15-/m1/s1. The topological polar surface area (TPSA) is 54.6 Å². The van der Waals surface area contributed by atoms with Crippen molar-refractivity contribution >= 4 is 5.69 Å². The second-order valence-corrected chi connectivity index (χ2v) is 6.03. The lowest BCUT2D eigenvalue weighted by atomic mass is 10.0. The molecule has 1 fully saturated rings. The van der Waals surface area contributed by atoms with Gasteiger partial charge in [-0.15, -0.1) is 0 Å². The van der Waals surface area contributed by atoms with Crippen molar-refractivity contribution < 1.29 is 9.26 Å². The SMILES string of the molecule is COCc1noc(CN(C)[C@@H]2CCCN(c3ccccc3)C2)n1. The minimum atomic E-state index is 0.387. The summed E-state index contributed by atoms with van der Waals surface area (Å²) in [5.41, 5.74) is 1.30. The second-order valence-electron chi connectivity index (χ2n) is 6.03. The van der Waals surface area contributed by atoms with E-state index in [1.165, 1.54) is 18.5 Å². The van der Waals surface area contributed by atoms with Gasteiger partial charge in [0.05, 0.1) is 6.54 Å². The maximum atomic E-state index is 5.29. The van der Waals surface area contributed by atoms with Crippen molar-refractivity contribution in [1.82, 2.24) is 15.0 Å². The number of nitrogens with zero attached hydrogens (tertiary/aromatic N) is 4. The molecule has 1 aromatic carbocycles. The summed E-state index contributed by atoms with van der Waals surface area (Å²) in [6, 6.07) is 11.1. The van der Waals surface area contributed by atoms with Crippen LogP contribution in [0.1, 0.15) is 24.6 Å². The van der Waals surface area contributed by atoms with Gasteiger partial charge in [0.2, 0.25) is 5.89 Å². The third kappa shape index (κ3) is 4.09. The van der Waals surface area contributed by atoms with Crippen LogP contribution in [-0.4, -0.2) is 48.3 Å². The van der Waals surface area contributed by atoms with Crippen LogP contribution in [0.15, 0.2) is 34.9 Å². The molecule has 6 heteroatoms. The lowest BCUT2D eigenvalue weighted by Gasteiger charge is -2.38. The molecule has 0 spiro atoms. The van der Waals surface area contributed by atoms with Crippen LogP contribution in [0.25, 0.3) is 0 Å². The first-order valence-corrected chi connectivity index (χ1v) is 8.07. The van der Waals surface area contributed by atoms with Crippen molar-refractivity contribution in [3.8, 4) is 0 Å². The third-order valence-corrected chi connectivity index (χ3v) is 4.31. The number of aromatic nitrogens is 2. The van der Waals surface area contributed by atoms with Gasteiger partial charge in [-0.2, -0.15) is 4.98 Å². The summed E-state index contributed by atoms with van der Waals surface area (Å²) in [6.45, 7) is 3.20. The number of hydrogen-bond donors (Lipinski definition) is 0. The maximum absolute atomic E-state index is 5.29. The summed E-state index contributed by atoms with van der Waals surface area (Å²) in [6.07, 6.45) is 2.39. The molecule has 1 aromatic heterocycles. The van der Waals surface area contributed by atoms with Crippen molar-refractivity contribution in [3.63, 3.8) is 0 Å². The van der Waals surface area contributed by atoms with Crippen molar-refractivity contribution in [1.29, 1.82) is 0 Å². The van der Waals surface area contributed by atoms with E-state index in [-0.39, 0.29) is 0 Å². The Morgan fingerprint density at radius 3 is 2.96 bits per heavy atom. The third-order valence-electron chi connectivity index (χ3n) is 4.31. The Balaban J connectivity index is 1.59. The van der Waals surface area contributed by atoms with Crippen molar-refractivity contribution in [2.45, 2.75) is 32.0 Å². The number of ether oxygens (including phenoxy) is 1. The predicted molar refractivity (Wildman–Crippen MR) is 88.2 cm³/mol. The molecule has 0 bridgehead atoms. The smallest absolute Gasteiger partial charge is 0.240 e. The predicted octanol–water partition coefficient (Wildman–Crippen LogP) is 2.32. The molecule has 1 aliphatic rings. The molecule has 3 rings (SSSR count). The zero-order valence-corrected chi connectivity index (χ0v) is 13.8. The van der Waals surface area contributed by atoms with Gasteiger partial charge < -0.3 is 14.2 Å². The Bertz CT molecular complexity index is 602. The van der Waals surface area contributed by atoms with E-state index in [2.05, 4.69) is 57.3 Å². The normalized spacial score (nSPS) is 18.6. The average Bonchev–Trinajstić information content (AvgIpc) is 3.03. The Morgan fingerprint density at radius 1 is 1.35 bits per heavy atom. The number of piperidine rings is 1. The van der Waals surface area contributed by atoms with Crippen LogP contribution in [0.5, 0.6) is 0 Å². The van der Waals surface area contributed by atoms with Crippen molar-refractivity contribution in [2.75, 3.05) is 32.1 Å². The minimum Gasteiger partial charge on any atom is -0.377 e. The average molecular weight is 316 g/mol. The highest BCUT2D eigenvalue weighted by atomic mass is 16.5. The first kappa shape index (κ1) is 16.0. The lowest BCUT2D eigenvalue weighted by Crippen LogP contribution is -2.46. The molecule has 6 nitrogen and oxygen atoms in total. The van der Waals surface area contributed by atoms with Gasteiger partial charge in [-0.05, 0) is 32.0 Å². The van der Waals surface area contributed by atoms with Crippen LogP contribution in [0, 0.1) is 0 Å². The van der Waals surface area contributed by atoms with Gasteiger partial charge in [-0.3, -0.25) is 4.90 Å². The molecule has 0 N–H and O–H groups in total.